The summed E-state index contributed by atoms with van der Waals surface area (Å²) in [6.45, 7) is -0.0230. The quantitative estimate of drug-likeness (QED) is 0.837. The molecule has 0 unspecified atom stereocenters. The summed E-state index contributed by atoms with van der Waals surface area (Å²) in [5, 5.41) is 2.63. The lowest BCUT2D eigenvalue weighted by molar-refractivity contribution is -0.156. The molecule has 0 aromatic carbocycles. The van der Waals surface area contributed by atoms with Gasteiger partial charge >= 0.3 is 5.97 Å². The van der Waals surface area contributed by atoms with E-state index in [0.29, 0.717) is 24.4 Å². The molecule has 124 valence electrons. The van der Waals surface area contributed by atoms with Crippen molar-refractivity contribution < 1.29 is 23.5 Å². The van der Waals surface area contributed by atoms with Gasteiger partial charge in [-0.3, -0.25) is 14.4 Å². The lowest BCUT2D eigenvalue weighted by Gasteiger charge is -2.36. The number of rotatable bonds is 5. The SMILES string of the molecule is O=C(COC(=O)C1C[C@@H]2CCC[C@@H](C1)C2=O)NCc1ccco1. The highest BCUT2D eigenvalue weighted by atomic mass is 16.5. The molecule has 2 saturated carbocycles. The molecule has 0 saturated heterocycles. The Balaban J connectivity index is 1.42. The first kappa shape index (κ1) is 15.8. The highest BCUT2D eigenvalue weighted by Gasteiger charge is 2.41. The third kappa shape index (κ3) is 3.81. The average Bonchev–Trinajstić information content (AvgIpc) is 3.03. The highest BCUT2D eigenvalue weighted by Crippen LogP contribution is 2.40. The molecular formula is C17H21NO5. The maximum Gasteiger partial charge on any atom is 0.309 e. The van der Waals surface area contributed by atoms with Crippen LogP contribution in [0.3, 0.4) is 0 Å². The monoisotopic (exact) mass is 319 g/mol. The standard InChI is InChI=1S/C17H21NO5/c19-15(18-9-14-5-2-6-22-14)10-23-17(21)13-7-11-3-1-4-12(8-13)16(11)20/h2,5-6,11-13H,1,3-4,7-10H2,(H,18,19)/t11-,12-/m0/s1. The molecule has 23 heavy (non-hydrogen) atoms. The second-order valence-corrected chi connectivity index (χ2v) is 6.36. The molecule has 1 heterocycles. The zero-order valence-electron chi connectivity index (χ0n) is 13.0. The highest BCUT2D eigenvalue weighted by molar-refractivity contribution is 5.87. The van der Waals surface area contributed by atoms with Crippen LogP contribution in [0.2, 0.25) is 0 Å². The van der Waals surface area contributed by atoms with Crippen LogP contribution in [0.5, 0.6) is 0 Å². The van der Waals surface area contributed by atoms with Crippen molar-refractivity contribution in [1.29, 1.82) is 0 Å². The van der Waals surface area contributed by atoms with Gasteiger partial charge in [-0.25, -0.2) is 0 Å². The summed E-state index contributed by atoms with van der Waals surface area (Å²) in [5.74, 6) is 0.00527. The van der Waals surface area contributed by atoms with Crippen molar-refractivity contribution in [1.82, 2.24) is 5.32 Å². The molecule has 3 rings (SSSR count). The van der Waals surface area contributed by atoms with Crippen LogP contribution < -0.4 is 5.32 Å². The van der Waals surface area contributed by atoms with Gasteiger partial charge in [0, 0.05) is 11.8 Å². The molecule has 0 radical (unpaired) electrons. The molecule has 1 aromatic rings. The van der Waals surface area contributed by atoms with Crippen LogP contribution in [0.25, 0.3) is 0 Å². The number of ether oxygens (including phenoxy) is 1. The van der Waals surface area contributed by atoms with Crippen LogP contribution in [0.4, 0.5) is 0 Å². The Hall–Kier alpha value is -2.11. The van der Waals surface area contributed by atoms with Crippen molar-refractivity contribution in [3.63, 3.8) is 0 Å². The van der Waals surface area contributed by atoms with Gasteiger partial charge in [0.25, 0.3) is 5.91 Å². The first-order valence-electron chi connectivity index (χ1n) is 8.13. The lowest BCUT2D eigenvalue weighted by Crippen LogP contribution is -2.40. The Labute approximate surface area is 134 Å². The predicted octanol–water partition coefficient (Wildman–Crippen LogP) is 1.83. The summed E-state index contributed by atoms with van der Waals surface area (Å²) in [6.07, 6.45) is 5.50. The first-order chi connectivity index (χ1) is 11.1. The molecular weight excluding hydrogens is 298 g/mol. The van der Waals surface area contributed by atoms with E-state index in [1.165, 1.54) is 6.26 Å². The second kappa shape index (κ2) is 6.98. The minimum absolute atomic E-state index is 0.00725. The van der Waals surface area contributed by atoms with Crippen LogP contribution in [0.1, 0.15) is 37.9 Å². The number of furan rings is 1. The topological polar surface area (TPSA) is 85.6 Å². The van der Waals surface area contributed by atoms with Crippen molar-refractivity contribution >= 4 is 17.7 Å². The van der Waals surface area contributed by atoms with E-state index in [-0.39, 0.29) is 42.8 Å². The molecule has 0 spiro atoms. The van der Waals surface area contributed by atoms with Gasteiger partial charge in [0.2, 0.25) is 0 Å². The van der Waals surface area contributed by atoms with Gasteiger partial charge in [-0.15, -0.1) is 0 Å². The number of fused-ring (bicyclic) bond motifs is 2. The van der Waals surface area contributed by atoms with E-state index < -0.39 is 0 Å². The number of nitrogens with one attached hydrogen (secondary N) is 1. The van der Waals surface area contributed by atoms with Gasteiger partial charge in [-0.2, -0.15) is 0 Å². The van der Waals surface area contributed by atoms with Gasteiger partial charge in [0.15, 0.2) is 6.61 Å². The zero-order chi connectivity index (χ0) is 16.2. The molecule has 2 fully saturated rings. The molecule has 1 N–H and O–H groups in total. The molecule has 6 heteroatoms. The van der Waals surface area contributed by atoms with Gasteiger partial charge in [-0.1, -0.05) is 6.42 Å². The second-order valence-electron chi connectivity index (χ2n) is 6.36. The summed E-state index contributed by atoms with van der Waals surface area (Å²) in [7, 11) is 0. The van der Waals surface area contributed by atoms with Gasteiger partial charge < -0.3 is 14.5 Å². The normalized spacial score (nSPS) is 26.6. The van der Waals surface area contributed by atoms with Crippen LogP contribution in [-0.4, -0.2) is 24.3 Å². The van der Waals surface area contributed by atoms with Crippen molar-refractivity contribution in [3.05, 3.63) is 24.2 Å². The number of hydrogen-bond acceptors (Lipinski definition) is 5. The van der Waals surface area contributed by atoms with E-state index in [2.05, 4.69) is 5.32 Å². The van der Waals surface area contributed by atoms with Crippen LogP contribution >= 0.6 is 0 Å². The Morgan fingerprint density at radius 1 is 1.26 bits per heavy atom. The van der Waals surface area contributed by atoms with Crippen LogP contribution in [0, 0.1) is 17.8 Å². The maximum atomic E-state index is 12.1. The zero-order valence-corrected chi connectivity index (χ0v) is 13.0. The average molecular weight is 319 g/mol. The fraction of sp³-hybridized carbons (Fsp3) is 0.588. The van der Waals surface area contributed by atoms with E-state index in [1.54, 1.807) is 12.1 Å². The largest absolute Gasteiger partial charge is 0.467 e. The summed E-state index contributed by atoms with van der Waals surface area (Å²) in [4.78, 5) is 35.8. The number of hydrogen-bond donors (Lipinski definition) is 1. The minimum atomic E-state index is -0.359. The Kier molecular flexibility index (Phi) is 4.79. The van der Waals surface area contributed by atoms with Crippen molar-refractivity contribution in [2.45, 2.75) is 38.6 Å². The molecule has 2 aliphatic carbocycles. The van der Waals surface area contributed by atoms with Crippen molar-refractivity contribution in [2.24, 2.45) is 17.8 Å². The summed E-state index contributed by atoms with van der Waals surface area (Å²) < 4.78 is 10.2. The van der Waals surface area contributed by atoms with Gasteiger partial charge in [0.05, 0.1) is 18.7 Å². The summed E-state index contributed by atoms with van der Waals surface area (Å²) >= 11 is 0. The van der Waals surface area contributed by atoms with E-state index in [9.17, 15) is 14.4 Å². The first-order valence-corrected chi connectivity index (χ1v) is 8.13. The third-order valence-electron chi connectivity index (χ3n) is 4.77. The Bertz CT molecular complexity index is 564. The van der Waals surface area contributed by atoms with E-state index in [1.807, 2.05) is 0 Å². The third-order valence-corrected chi connectivity index (χ3v) is 4.77. The Morgan fingerprint density at radius 3 is 2.65 bits per heavy atom. The van der Waals surface area contributed by atoms with Crippen molar-refractivity contribution in [2.75, 3.05) is 6.61 Å². The predicted molar refractivity (Wildman–Crippen MR) is 80.1 cm³/mol. The summed E-state index contributed by atoms with van der Waals surface area (Å²) in [6, 6.07) is 3.49. The van der Waals surface area contributed by atoms with Crippen LogP contribution in [-0.2, 0) is 25.7 Å². The van der Waals surface area contributed by atoms with Gasteiger partial charge in [0.1, 0.15) is 11.5 Å². The van der Waals surface area contributed by atoms with E-state index >= 15 is 0 Å². The van der Waals surface area contributed by atoms with E-state index in [4.69, 9.17) is 9.15 Å². The number of Topliss-reactive ketones (excluding diaryl/α,β-unsaturated/α-hetero) is 1. The molecule has 2 bridgehead atoms. The maximum absolute atomic E-state index is 12.1. The molecule has 1 aromatic heterocycles. The minimum Gasteiger partial charge on any atom is -0.467 e. The number of amides is 1. The molecule has 2 atom stereocenters. The van der Waals surface area contributed by atoms with E-state index in [0.717, 1.165) is 19.3 Å². The fourth-order valence-electron chi connectivity index (χ4n) is 3.58. The fourth-order valence-corrected chi connectivity index (χ4v) is 3.58. The number of ketones is 1. The number of carbonyl (C=O) groups is 3. The number of carbonyl (C=O) groups excluding carboxylic acids is 3. The molecule has 1 amide bonds. The molecule has 2 aliphatic rings. The van der Waals surface area contributed by atoms with Gasteiger partial charge in [-0.05, 0) is 37.8 Å². The lowest BCUT2D eigenvalue weighted by atomic mass is 9.67. The Morgan fingerprint density at radius 2 is 2.00 bits per heavy atom. The molecule has 0 aliphatic heterocycles. The summed E-state index contributed by atoms with van der Waals surface area (Å²) in [5.41, 5.74) is 0. The van der Waals surface area contributed by atoms with Crippen LogP contribution in [0.15, 0.2) is 22.8 Å². The smallest absolute Gasteiger partial charge is 0.309 e. The molecule has 6 nitrogen and oxygen atoms in total. The number of esters is 1. The van der Waals surface area contributed by atoms with Crippen molar-refractivity contribution in [3.8, 4) is 0 Å².